The Morgan fingerprint density at radius 3 is 2.28 bits per heavy atom. The molecular weight excluding hydrogens is 610 g/mol. The van der Waals surface area contributed by atoms with Gasteiger partial charge in [0.05, 0.1) is 36.2 Å². The third-order valence-corrected chi connectivity index (χ3v) is 7.64. The first-order chi connectivity index (χ1) is 20.1. The SMILES string of the molecule is CN(CC(F)(F)F)[C@@H](COCc1ccccc1)CSc1c(-c2ccc(F)cc2F)c(C(F)(F)F)cc2c(=O)[nH]c(=O)[nH]c12. The fraction of sp³-hybridized carbons (Fsp3) is 0.286. The topological polar surface area (TPSA) is 78.2 Å². The lowest BCUT2D eigenvalue weighted by molar-refractivity contribution is -0.148. The van der Waals surface area contributed by atoms with E-state index < -0.39 is 80.3 Å². The third kappa shape index (κ3) is 8.03. The van der Waals surface area contributed by atoms with Gasteiger partial charge in [0.25, 0.3) is 5.56 Å². The van der Waals surface area contributed by atoms with Gasteiger partial charge in [0.1, 0.15) is 11.6 Å². The minimum Gasteiger partial charge on any atom is -0.375 e. The van der Waals surface area contributed by atoms with Crippen LogP contribution in [-0.2, 0) is 17.5 Å². The van der Waals surface area contributed by atoms with E-state index in [9.17, 15) is 44.7 Å². The van der Waals surface area contributed by atoms with Gasteiger partial charge in [0.2, 0.25) is 0 Å². The summed E-state index contributed by atoms with van der Waals surface area (Å²) in [5.74, 6) is -2.78. The van der Waals surface area contributed by atoms with Crippen LogP contribution in [-0.4, -0.2) is 53.0 Å². The maximum atomic E-state index is 15.0. The number of thioether (sulfide) groups is 1. The summed E-state index contributed by atoms with van der Waals surface area (Å²) in [6.45, 7) is -1.64. The molecule has 0 bridgehead atoms. The van der Waals surface area contributed by atoms with E-state index in [0.29, 0.717) is 23.9 Å². The summed E-state index contributed by atoms with van der Waals surface area (Å²) < 4.78 is 117. The van der Waals surface area contributed by atoms with E-state index in [1.165, 1.54) is 0 Å². The van der Waals surface area contributed by atoms with Crippen molar-refractivity contribution in [3.05, 3.63) is 98.2 Å². The molecule has 0 saturated heterocycles. The number of fused-ring (bicyclic) bond motifs is 1. The maximum absolute atomic E-state index is 15.0. The Kier molecular flexibility index (Phi) is 9.66. The summed E-state index contributed by atoms with van der Waals surface area (Å²) in [4.78, 5) is 29.2. The number of rotatable bonds is 10. The van der Waals surface area contributed by atoms with Crippen molar-refractivity contribution in [2.75, 3.05) is 26.0 Å². The van der Waals surface area contributed by atoms with Crippen LogP contribution >= 0.6 is 11.8 Å². The van der Waals surface area contributed by atoms with Gasteiger partial charge >= 0.3 is 18.0 Å². The van der Waals surface area contributed by atoms with Gasteiger partial charge in [-0.05, 0) is 30.8 Å². The predicted octanol–water partition coefficient (Wildman–Crippen LogP) is 6.35. The number of benzene rings is 3. The van der Waals surface area contributed by atoms with E-state index in [1.807, 2.05) is 4.98 Å². The number of hydrogen-bond donors (Lipinski definition) is 2. The highest BCUT2D eigenvalue weighted by molar-refractivity contribution is 7.99. The Hall–Kier alpha value is -3.69. The Balaban J connectivity index is 1.83. The highest BCUT2D eigenvalue weighted by Crippen LogP contribution is 2.46. The molecule has 0 spiro atoms. The summed E-state index contributed by atoms with van der Waals surface area (Å²) in [6.07, 6.45) is -9.78. The van der Waals surface area contributed by atoms with Gasteiger partial charge in [0, 0.05) is 33.9 Å². The maximum Gasteiger partial charge on any atom is 0.417 e. The first-order valence-electron chi connectivity index (χ1n) is 12.5. The van der Waals surface area contributed by atoms with Crippen LogP contribution in [0.2, 0.25) is 0 Å². The van der Waals surface area contributed by atoms with Crippen LogP contribution < -0.4 is 11.2 Å². The third-order valence-electron chi connectivity index (χ3n) is 6.39. The van der Waals surface area contributed by atoms with Gasteiger partial charge < -0.3 is 9.72 Å². The summed E-state index contributed by atoms with van der Waals surface area (Å²) in [7, 11) is 1.15. The van der Waals surface area contributed by atoms with E-state index in [0.717, 1.165) is 29.6 Å². The van der Waals surface area contributed by atoms with E-state index in [1.54, 1.807) is 30.3 Å². The average molecular weight is 634 g/mol. The van der Waals surface area contributed by atoms with Crippen molar-refractivity contribution in [2.24, 2.45) is 0 Å². The second-order valence-electron chi connectivity index (χ2n) is 9.58. The van der Waals surface area contributed by atoms with Crippen molar-refractivity contribution in [1.29, 1.82) is 0 Å². The monoisotopic (exact) mass is 633 g/mol. The lowest BCUT2D eigenvalue weighted by Gasteiger charge is -2.29. The first kappa shape index (κ1) is 32.2. The molecule has 3 aromatic carbocycles. The first-order valence-corrected chi connectivity index (χ1v) is 13.5. The fourth-order valence-corrected chi connectivity index (χ4v) is 5.76. The van der Waals surface area contributed by atoms with Gasteiger partial charge in [0.15, 0.2) is 0 Å². The lowest BCUT2D eigenvalue weighted by atomic mass is 9.96. The smallest absolute Gasteiger partial charge is 0.375 e. The molecule has 230 valence electrons. The molecule has 43 heavy (non-hydrogen) atoms. The molecule has 15 heteroatoms. The minimum atomic E-state index is -5.16. The molecule has 0 saturated carbocycles. The van der Waals surface area contributed by atoms with E-state index in [-0.39, 0.29) is 19.0 Å². The summed E-state index contributed by atoms with van der Waals surface area (Å²) >= 11 is 0.568. The molecule has 1 heterocycles. The van der Waals surface area contributed by atoms with Crippen molar-refractivity contribution in [2.45, 2.75) is 29.9 Å². The molecule has 4 rings (SSSR count). The van der Waals surface area contributed by atoms with Crippen LogP contribution in [0.1, 0.15) is 11.1 Å². The van der Waals surface area contributed by atoms with Crippen LogP contribution in [0.15, 0.2) is 69.1 Å². The predicted molar refractivity (Wildman–Crippen MR) is 145 cm³/mol. The van der Waals surface area contributed by atoms with E-state index >= 15 is 0 Å². The lowest BCUT2D eigenvalue weighted by Crippen LogP contribution is -2.43. The van der Waals surface area contributed by atoms with Gasteiger partial charge in [-0.2, -0.15) is 26.3 Å². The number of alkyl halides is 6. The van der Waals surface area contributed by atoms with Crippen LogP contribution in [0.3, 0.4) is 0 Å². The Labute approximate surface area is 242 Å². The van der Waals surface area contributed by atoms with E-state index in [4.69, 9.17) is 4.74 Å². The molecule has 0 unspecified atom stereocenters. The number of nitrogens with zero attached hydrogens (tertiary/aromatic N) is 1. The normalized spacial score (nSPS) is 13.2. The van der Waals surface area contributed by atoms with Crippen molar-refractivity contribution in [3.8, 4) is 11.1 Å². The molecule has 0 amide bonds. The van der Waals surface area contributed by atoms with Crippen molar-refractivity contribution in [1.82, 2.24) is 14.9 Å². The summed E-state index contributed by atoms with van der Waals surface area (Å²) in [5.41, 5.74) is -4.90. The molecule has 0 aliphatic heterocycles. The van der Waals surface area contributed by atoms with Gasteiger partial charge in [-0.1, -0.05) is 30.3 Å². The number of H-pyrrole nitrogens is 2. The summed E-state index contributed by atoms with van der Waals surface area (Å²) in [6, 6.07) is 9.94. The van der Waals surface area contributed by atoms with Crippen molar-refractivity contribution in [3.63, 3.8) is 0 Å². The number of aromatic nitrogens is 2. The molecule has 1 atom stereocenters. The van der Waals surface area contributed by atoms with Crippen LogP contribution in [0, 0.1) is 11.6 Å². The summed E-state index contributed by atoms with van der Waals surface area (Å²) in [5, 5.41) is -0.596. The second-order valence-corrected chi connectivity index (χ2v) is 10.6. The highest BCUT2D eigenvalue weighted by atomic mass is 32.2. The zero-order valence-corrected chi connectivity index (χ0v) is 23.0. The second kappa shape index (κ2) is 12.9. The molecule has 4 aromatic rings. The number of likely N-dealkylation sites (N-methyl/N-ethyl adjacent to an activating group) is 1. The average Bonchev–Trinajstić information content (AvgIpc) is 2.89. The molecule has 1 aromatic heterocycles. The largest absolute Gasteiger partial charge is 0.417 e. The number of aromatic amines is 2. The molecule has 0 aliphatic carbocycles. The Morgan fingerprint density at radius 2 is 1.65 bits per heavy atom. The van der Waals surface area contributed by atoms with E-state index in [2.05, 4.69) is 4.98 Å². The molecule has 2 N–H and O–H groups in total. The molecule has 0 fully saturated rings. The Morgan fingerprint density at radius 1 is 0.953 bits per heavy atom. The molecule has 0 radical (unpaired) electrons. The van der Waals surface area contributed by atoms with Crippen molar-refractivity contribution >= 4 is 22.7 Å². The highest BCUT2D eigenvalue weighted by Gasteiger charge is 2.38. The molecule has 0 aliphatic rings. The van der Waals surface area contributed by atoms with Gasteiger partial charge in [-0.3, -0.25) is 14.7 Å². The van der Waals surface area contributed by atoms with Crippen LogP contribution in [0.4, 0.5) is 35.1 Å². The fourth-order valence-electron chi connectivity index (χ4n) is 4.39. The standard InChI is InChI=1S/C28H23F8N3O3S/c1-39(14-27(31,32)33)17(12-42-11-15-5-3-2-4-6-15)13-43-24-22(18-8-7-16(29)9-21(18)30)20(28(34,35)36)10-19-23(24)37-26(41)38-25(19)40/h2-10,17H,11-14H2,1H3,(H2,37,38,40,41)/t17-/m0/s1. The zero-order chi connectivity index (χ0) is 31.5. The molecular formula is C28H23F8N3O3S. The minimum absolute atomic E-state index is 0.0308. The van der Waals surface area contributed by atoms with Crippen LogP contribution in [0.5, 0.6) is 0 Å². The Bertz CT molecular complexity index is 1700. The number of ether oxygens (including phenoxy) is 1. The van der Waals surface area contributed by atoms with Crippen LogP contribution in [0.25, 0.3) is 22.0 Å². The van der Waals surface area contributed by atoms with Gasteiger partial charge in [-0.15, -0.1) is 11.8 Å². The number of hydrogen-bond acceptors (Lipinski definition) is 5. The van der Waals surface area contributed by atoms with Crippen molar-refractivity contribution < 1.29 is 39.9 Å². The van der Waals surface area contributed by atoms with Gasteiger partial charge in [-0.25, -0.2) is 13.6 Å². The quantitative estimate of drug-likeness (QED) is 0.157. The zero-order valence-electron chi connectivity index (χ0n) is 22.2. The number of nitrogens with one attached hydrogen (secondary N) is 2. The number of halogens is 8. The molecule has 6 nitrogen and oxygen atoms in total.